The van der Waals surface area contributed by atoms with Crippen LogP contribution in [-0.4, -0.2) is 11.9 Å². The number of hydrogen-bond acceptors (Lipinski definition) is 2. The highest BCUT2D eigenvalue weighted by Gasteiger charge is 2.62. The molecule has 0 aromatic heterocycles. The molecule has 1 aliphatic rings. The van der Waals surface area contributed by atoms with E-state index in [-0.39, 0.29) is 5.71 Å². The van der Waals surface area contributed by atoms with Gasteiger partial charge in [-0.15, -0.1) is 0 Å². The zero-order valence-corrected chi connectivity index (χ0v) is 11.5. The van der Waals surface area contributed by atoms with Gasteiger partial charge in [-0.25, -0.2) is 8.78 Å². The number of hydrogen-bond donors (Lipinski definition) is 0. The molecule has 1 heterocycles. The maximum Gasteiger partial charge on any atom is 0.435 e. The molecule has 1 atom stereocenters. The van der Waals surface area contributed by atoms with Crippen LogP contribution in [0.3, 0.4) is 0 Å². The van der Waals surface area contributed by atoms with E-state index in [4.69, 9.17) is 0 Å². The molecule has 2 aromatic rings. The molecular formula is C16H9F5NO. The van der Waals surface area contributed by atoms with Crippen LogP contribution < -0.4 is 0 Å². The van der Waals surface area contributed by atoms with E-state index in [0.717, 1.165) is 0 Å². The molecule has 0 N–H and O–H groups in total. The van der Waals surface area contributed by atoms with Crippen molar-refractivity contribution in [2.24, 2.45) is 5.16 Å². The van der Waals surface area contributed by atoms with Gasteiger partial charge in [0, 0.05) is 18.1 Å². The summed E-state index contributed by atoms with van der Waals surface area (Å²) < 4.78 is 67.5. The number of nitrogens with zero attached hydrogens (tertiary/aromatic N) is 1. The van der Waals surface area contributed by atoms with Gasteiger partial charge >= 0.3 is 6.18 Å². The van der Waals surface area contributed by atoms with Gasteiger partial charge in [0.1, 0.15) is 11.6 Å². The molecule has 0 aliphatic carbocycles. The Kier molecular flexibility index (Phi) is 3.58. The summed E-state index contributed by atoms with van der Waals surface area (Å²) in [5.74, 6) is -2.23. The van der Waals surface area contributed by atoms with E-state index in [0.29, 0.717) is 23.8 Å². The lowest BCUT2D eigenvalue weighted by Gasteiger charge is -2.29. The number of benzene rings is 2. The Labute approximate surface area is 128 Å². The Morgan fingerprint density at radius 3 is 2.22 bits per heavy atom. The van der Waals surface area contributed by atoms with E-state index < -0.39 is 35.4 Å². The fourth-order valence-electron chi connectivity index (χ4n) is 2.42. The van der Waals surface area contributed by atoms with Crippen molar-refractivity contribution in [1.82, 2.24) is 0 Å². The molecule has 2 nitrogen and oxygen atoms in total. The van der Waals surface area contributed by atoms with Crippen molar-refractivity contribution in [3.05, 3.63) is 71.3 Å². The number of rotatable bonds is 2. The van der Waals surface area contributed by atoms with Crippen LogP contribution in [0.15, 0.2) is 47.6 Å². The molecule has 0 bridgehead atoms. The van der Waals surface area contributed by atoms with E-state index in [9.17, 15) is 22.0 Å². The first-order chi connectivity index (χ1) is 10.8. The van der Waals surface area contributed by atoms with Crippen LogP contribution in [0.2, 0.25) is 0 Å². The first kappa shape index (κ1) is 15.5. The third-order valence-corrected chi connectivity index (χ3v) is 3.57. The second-order valence-electron chi connectivity index (χ2n) is 5.08. The number of oxime groups is 1. The van der Waals surface area contributed by atoms with Crippen molar-refractivity contribution in [2.45, 2.75) is 18.2 Å². The van der Waals surface area contributed by atoms with Gasteiger partial charge in [0.2, 0.25) is 0 Å². The quantitative estimate of drug-likeness (QED) is 0.752. The largest absolute Gasteiger partial charge is 0.435 e. The van der Waals surface area contributed by atoms with Crippen molar-refractivity contribution in [2.75, 3.05) is 0 Å². The average molecular weight is 326 g/mol. The van der Waals surface area contributed by atoms with Gasteiger partial charge in [-0.1, -0.05) is 29.4 Å². The van der Waals surface area contributed by atoms with Gasteiger partial charge in [-0.2, -0.15) is 13.2 Å². The fourth-order valence-corrected chi connectivity index (χ4v) is 2.42. The average Bonchev–Trinajstić information content (AvgIpc) is 2.93. The molecule has 2 aromatic carbocycles. The molecule has 23 heavy (non-hydrogen) atoms. The molecule has 119 valence electrons. The lowest BCUT2D eigenvalue weighted by atomic mass is 9.86. The van der Waals surface area contributed by atoms with Crippen molar-refractivity contribution in [1.29, 1.82) is 0 Å². The van der Waals surface area contributed by atoms with E-state index in [1.807, 2.05) is 0 Å². The van der Waals surface area contributed by atoms with Gasteiger partial charge in [0.25, 0.3) is 5.60 Å². The van der Waals surface area contributed by atoms with Crippen LogP contribution in [-0.2, 0) is 10.4 Å². The van der Waals surface area contributed by atoms with E-state index >= 15 is 0 Å². The Morgan fingerprint density at radius 1 is 1.04 bits per heavy atom. The van der Waals surface area contributed by atoms with Crippen LogP contribution in [0.1, 0.15) is 17.5 Å². The summed E-state index contributed by atoms with van der Waals surface area (Å²) in [6, 6.07) is 10.5. The first-order valence-electron chi connectivity index (χ1n) is 6.57. The standard InChI is InChI=1S/C16H9F5NO/c17-12-6-11(7-13(18)8-12)15(16(19,20)21)9-14(22-23-15)10-4-2-1-3-5-10/h2-8H,9H2. The second-order valence-corrected chi connectivity index (χ2v) is 5.08. The Bertz CT molecular complexity index is 737. The molecule has 0 spiro atoms. The predicted molar refractivity (Wildman–Crippen MR) is 71.6 cm³/mol. The van der Waals surface area contributed by atoms with Gasteiger partial charge in [0.15, 0.2) is 0 Å². The Balaban J connectivity index is 2.05. The van der Waals surface area contributed by atoms with Crippen LogP contribution in [0.25, 0.3) is 0 Å². The van der Waals surface area contributed by atoms with Crippen molar-refractivity contribution >= 4 is 5.71 Å². The SMILES string of the molecule is Fc1cc(F)cc(C2(C(F)(F)F)CC(c3cc[c]cc3)=NO2)c1. The summed E-state index contributed by atoms with van der Waals surface area (Å²) in [5, 5.41) is 3.50. The smallest absolute Gasteiger partial charge is 0.374 e. The summed E-state index contributed by atoms with van der Waals surface area (Å²) in [5.41, 5.74) is -3.11. The minimum Gasteiger partial charge on any atom is -0.374 e. The summed E-state index contributed by atoms with van der Waals surface area (Å²) in [7, 11) is 0. The van der Waals surface area contributed by atoms with Gasteiger partial charge < -0.3 is 4.84 Å². The van der Waals surface area contributed by atoms with Crippen molar-refractivity contribution < 1.29 is 26.8 Å². The number of halogens is 5. The fraction of sp³-hybridized carbons (Fsp3) is 0.188. The van der Waals surface area contributed by atoms with Crippen LogP contribution in [0.4, 0.5) is 22.0 Å². The topological polar surface area (TPSA) is 21.6 Å². The van der Waals surface area contributed by atoms with E-state index in [1.54, 1.807) is 0 Å². The van der Waals surface area contributed by atoms with Crippen molar-refractivity contribution in [3.63, 3.8) is 0 Å². The lowest BCUT2D eigenvalue weighted by Crippen LogP contribution is -2.42. The molecule has 0 saturated carbocycles. The Hall–Kier alpha value is -2.44. The highest BCUT2D eigenvalue weighted by Crippen LogP contribution is 2.48. The third-order valence-electron chi connectivity index (χ3n) is 3.57. The van der Waals surface area contributed by atoms with E-state index in [1.165, 1.54) is 24.3 Å². The minimum absolute atomic E-state index is 0.0426. The monoisotopic (exact) mass is 326 g/mol. The maximum atomic E-state index is 13.6. The van der Waals surface area contributed by atoms with Crippen molar-refractivity contribution in [3.8, 4) is 0 Å². The zero-order valence-electron chi connectivity index (χ0n) is 11.5. The predicted octanol–water partition coefficient (Wildman–Crippen LogP) is 4.35. The number of alkyl halides is 3. The first-order valence-corrected chi connectivity index (χ1v) is 6.57. The molecule has 1 aliphatic heterocycles. The highest BCUT2D eigenvalue weighted by atomic mass is 19.4. The molecular weight excluding hydrogens is 317 g/mol. The van der Waals surface area contributed by atoms with Gasteiger partial charge in [-0.05, 0) is 23.8 Å². The summed E-state index contributed by atoms with van der Waals surface area (Å²) in [6.45, 7) is 0. The zero-order chi connectivity index (χ0) is 16.7. The van der Waals surface area contributed by atoms with E-state index in [2.05, 4.69) is 16.1 Å². The molecule has 0 saturated heterocycles. The van der Waals surface area contributed by atoms with Gasteiger partial charge in [0.05, 0.1) is 5.71 Å². The third kappa shape index (κ3) is 2.67. The molecule has 0 amide bonds. The minimum atomic E-state index is -4.90. The molecule has 1 unspecified atom stereocenters. The van der Waals surface area contributed by atoms with Crippen LogP contribution >= 0.6 is 0 Å². The lowest BCUT2D eigenvalue weighted by molar-refractivity contribution is -0.276. The highest BCUT2D eigenvalue weighted by molar-refractivity contribution is 6.01. The van der Waals surface area contributed by atoms with Gasteiger partial charge in [-0.3, -0.25) is 0 Å². The molecule has 0 fully saturated rings. The summed E-state index contributed by atoms with van der Waals surface area (Å²) >= 11 is 0. The maximum absolute atomic E-state index is 13.6. The molecule has 7 heteroatoms. The van der Waals surface area contributed by atoms with Crippen LogP contribution in [0.5, 0.6) is 0 Å². The molecule has 3 rings (SSSR count). The van der Waals surface area contributed by atoms with Crippen LogP contribution in [0, 0.1) is 17.7 Å². The molecule has 1 radical (unpaired) electrons. The summed E-state index contributed by atoms with van der Waals surface area (Å²) in [6.07, 6.45) is -5.58. The normalized spacial score (nSPS) is 21.0. The second kappa shape index (κ2) is 5.33. The Morgan fingerprint density at radius 2 is 1.65 bits per heavy atom. The summed E-state index contributed by atoms with van der Waals surface area (Å²) in [4.78, 5) is 4.69.